The van der Waals surface area contributed by atoms with Crippen LogP contribution in [0.3, 0.4) is 0 Å². The average molecular weight is 240 g/mol. The van der Waals surface area contributed by atoms with Crippen molar-refractivity contribution in [3.63, 3.8) is 0 Å². The quantitative estimate of drug-likeness (QED) is 0.607. The number of hydrogen-bond acceptors (Lipinski definition) is 4. The predicted molar refractivity (Wildman–Crippen MR) is 64.4 cm³/mol. The molecule has 1 N–H and O–H groups in total. The Morgan fingerprint density at radius 3 is 2.94 bits per heavy atom. The molecule has 0 saturated carbocycles. The summed E-state index contributed by atoms with van der Waals surface area (Å²) < 4.78 is 10.6. The maximum absolute atomic E-state index is 8.61. The second-order valence-electron chi connectivity index (χ2n) is 2.97. The topological polar surface area (TPSA) is 38.7 Å². The van der Waals surface area contributed by atoms with Crippen molar-refractivity contribution in [3.05, 3.63) is 21.9 Å². The lowest BCUT2D eigenvalue weighted by Crippen LogP contribution is -2.03. The molecule has 1 aromatic heterocycles. The van der Waals surface area contributed by atoms with Gasteiger partial charge in [-0.25, -0.2) is 0 Å². The molecule has 1 aromatic rings. The summed E-state index contributed by atoms with van der Waals surface area (Å²) in [6.45, 7) is 4.34. The number of thiophene rings is 1. The highest BCUT2D eigenvalue weighted by Gasteiger charge is 2.01. The van der Waals surface area contributed by atoms with Gasteiger partial charge in [-0.05, 0) is 18.4 Å². The van der Waals surface area contributed by atoms with Gasteiger partial charge in [0.25, 0.3) is 0 Å². The summed E-state index contributed by atoms with van der Waals surface area (Å²) in [5.74, 6) is 5.53. The van der Waals surface area contributed by atoms with Crippen molar-refractivity contribution < 1.29 is 14.6 Å². The van der Waals surface area contributed by atoms with Gasteiger partial charge in [0.15, 0.2) is 0 Å². The normalized spacial score (nSPS) is 9.88. The number of aliphatic hydroxyl groups is 1. The summed E-state index contributed by atoms with van der Waals surface area (Å²) in [4.78, 5) is 1.09. The molecule has 0 spiro atoms. The van der Waals surface area contributed by atoms with Gasteiger partial charge >= 0.3 is 0 Å². The molecule has 0 aliphatic carbocycles. The lowest BCUT2D eigenvalue weighted by atomic mass is 10.2. The van der Waals surface area contributed by atoms with Gasteiger partial charge in [-0.1, -0.05) is 11.8 Å². The van der Waals surface area contributed by atoms with Crippen LogP contribution in [0.1, 0.15) is 17.4 Å². The molecule has 16 heavy (non-hydrogen) atoms. The highest BCUT2D eigenvalue weighted by molar-refractivity contribution is 7.10. The van der Waals surface area contributed by atoms with Crippen molar-refractivity contribution in [3.8, 4) is 11.8 Å². The third kappa shape index (κ3) is 4.77. The van der Waals surface area contributed by atoms with Crippen LogP contribution in [-0.2, 0) is 16.1 Å². The van der Waals surface area contributed by atoms with Gasteiger partial charge in [0, 0.05) is 17.0 Å². The maximum atomic E-state index is 8.61. The van der Waals surface area contributed by atoms with Gasteiger partial charge < -0.3 is 14.6 Å². The van der Waals surface area contributed by atoms with Crippen LogP contribution in [0, 0.1) is 11.8 Å². The minimum atomic E-state index is -0.111. The van der Waals surface area contributed by atoms with Crippen molar-refractivity contribution in [1.29, 1.82) is 0 Å². The highest BCUT2D eigenvalue weighted by Crippen LogP contribution is 2.16. The zero-order valence-corrected chi connectivity index (χ0v) is 10.2. The van der Waals surface area contributed by atoms with E-state index in [1.807, 2.05) is 18.4 Å². The van der Waals surface area contributed by atoms with E-state index in [2.05, 4.69) is 11.8 Å². The molecule has 0 atom stereocenters. The molecule has 0 saturated heterocycles. The summed E-state index contributed by atoms with van der Waals surface area (Å²) in [7, 11) is 0. The molecular formula is C12H16O3S. The first-order chi connectivity index (χ1) is 7.88. The van der Waals surface area contributed by atoms with E-state index in [0.717, 1.165) is 17.0 Å². The number of ether oxygens (including phenoxy) is 2. The minimum Gasteiger partial charge on any atom is -0.384 e. The highest BCUT2D eigenvalue weighted by atomic mass is 32.1. The molecule has 0 aliphatic rings. The van der Waals surface area contributed by atoms with E-state index in [1.165, 1.54) is 0 Å². The second-order valence-corrected chi connectivity index (χ2v) is 3.97. The Morgan fingerprint density at radius 2 is 2.19 bits per heavy atom. The lowest BCUT2D eigenvalue weighted by Gasteiger charge is -2.03. The van der Waals surface area contributed by atoms with Crippen molar-refractivity contribution in [2.75, 3.05) is 26.4 Å². The molecule has 0 radical (unpaired) electrons. The maximum Gasteiger partial charge on any atom is 0.104 e. The summed E-state index contributed by atoms with van der Waals surface area (Å²) in [5.41, 5.74) is 0.940. The van der Waals surface area contributed by atoms with Gasteiger partial charge in [0.2, 0.25) is 0 Å². The third-order valence-corrected chi connectivity index (χ3v) is 2.75. The molecule has 0 bridgehead atoms. The monoisotopic (exact) mass is 240 g/mol. The Bertz CT molecular complexity index is 349. The zero-order valence-electron chi connectivity index (χ0n) is 9.36. The molecular weight excluding hydrogens is 224 g/mol. The van der Waals surface area contributed by atoms with Gasteiger partial charge in [0.05, 0.1) is 19.8 Å². The van der Waals surface area contributed by atoms with Crippen LogP contribution >= 0.6 is 11.3 Å². The SMILES string of the molecule is CCOCCOCc1sccc1C#CCO. The largest absolute Gasteiger partial charge is 0.384 e. The van der Waals surface area contributed by atoms with Gasteiger partial charge in [-0.2, -0.15) is 0 Å². The van der Waals surface area contributed by atoms with E-state index in [0.29, 0.717) is 19.8 Å². The molecule has 3 nitrogen and oxygen atoms in total. The number of aliphatic hydroxyl groups excluding tert-OH is 1. The molecule has 0 aromatic carbocycles. The van der Waals surface area contributed by atoms with Crippen LogP contribution in [0.25, 0.3) is 0 Å². The smallest absolute Gasteiger partial charge is 0.104 e. The molecule has 0 unspecified atom stereocenters. The first-order valence-corrected chi connectivity index (χ1v) is 6.08. The zero-order chi connectivity index (χ0) is 11.6. The van der Waals surface area contributed by atoms with E-state index in [1.54, 1.807) is 11.3 Å². The van der Waals surface area contributed by atoms with Crippen LogP contribution in [-0.4, -0.2) is 31.5 Å². The summed E-state index contributed by atoms with van der Waals surface area (Å²) in [5, 5.41) is 10.6. The van der Waals surface area contributed by atoms with Crippen LogP contribution in [0.15, 0.2) is 11.4 Å². The summed E-state index contributed by atoms with van der Waals surface area (Å²) in [6, 6.07) is 1.94. The predicted octanol–water partition coefficient (Wildman–Crippen LogP) is 1.65. The fourth-order valence-corrected chi connectivity index (χ4v) is 1.89. The van der Waals surface area contributed by atoms with E-state index >= 15 is 0 Å². The van der Waals surface area contributed by atoms with Crippen LogP contribution in [0.4, 0.5) is 0 Å². The lowest BCUT2D eigenvalue weighted by molar-refractivity contribution is 0.0462. The summed E-state index contributed by atoms with van der Waals surface area (Å²) in [6.07, 6.45) is 0. The number of rotatable bonds is 6. The van der Waals surface area contributed by atoms with Crippen molar-refractivity contribution in [2.24, 2.45) is 0 Å². The van der Waals surface area contributed by atoms with E-state index < -0.39 is 0 Å². The van der Waals surface area contributed by atoms with Crippen molar-refractivity contribution in [1.82, 2.24) is 0 Å². The van der Waals surface area contributed by atoms with Crippen LogP contribution < -0.4 is 0 Å². The molecule has 88 valence electrons. The molecule has 0 amide bonds. The molecule has 0 fully saturated rings. The third-order valence-electron chi connectivity index (χ3n) is 1.86. The molecule has 1 rings (SSSR count). The van der Waals surface area contributed by atoms with E-state index in [-0.39, 0.29) is 6.61 Å². The summed E-state index contributed by atoms with van der Waals surface area (Å²) >= 11 is 1.61. The Balaban J connectivity index is 2.33. The Hall–Kier alpha value is -0.860. The average Bonchev–Trinajstić information content (AvgIpc) is 2.74. The standard InChI is InChI=1S/C12H16O3S/c1-2-14-7-8-15-10-12-11(4-3-6-13)5-9-16-12/h5,9,13H,2,6-8,10H2,1H3. The van der Waals surface area contributed by atoms with Gasteiger partial charge in [0.1, 0.15) is 6.61 Å². The van der Waals surface area contributed by atoms with Crippen molar-refractivity contribution >= 4 is 11.3 Å². The van der Waals surface area contributed by atoms with Gasteiger partial charge in [-0.15, -0.1) is 11.3 Å². The number of hydrogen-bond donors (Lipinski definition) is 1. The fourth-order valence-electron chi connectivity index (χ4n) is 1.13. The molecule has 0 aliphatic heterocycles. The van der Waals surface area contributed by atoms with Crippen molar-refractivity contribution in [2.45, 2.75) is 13.5 Å². The van der Waals surface area contributed by atoms with Crippen LogP contribution in [0.5, 0.6) is 0 Å². The second kappa shape index (κ2) is 8.31. The van der Waals surface area contributed by atoms with E-state index in [4.69, 9.17) is 14.6 Å². The first kappa shape index (κ1) is 13.2. The van der Waals surface area contributed by atoms with Gasteiger partial charge in [-0.3, -0.25) is 0 Å². The van der Waals surface area contributed by atoms with Crippen LogP contribution in [0.2, 0.25) is 0 Å². The minimum absolute atomic E-state index is 0.111. The Morgan fingerprint density at radius 1 is 1.38 bits per heavy atom. The Labute approximate surface area is 100 Å². The molecule has 1 heterocycles. The fraction of sp³-hybridized carbons (Fsp3) is 0.500. The first-order valence-electron chi connectivity index (χ1n) is 5.20. The van der Waals surface area contributed by atoms with E-state index in [9.17, 15) is 0 Å². The molecule has 4 heteroatoms. The Kier molecular flexibility index (Phi) is 6.86.